The van der Waals surface area contributed by atoms with Gasteiger partial charge >= 0.3 is 12.1 Å². The lowest BCUT2D eigenvalue weighted by molar-refractivity contribution is 0.0527. The summed E-state index contributed by atoms with van der Waals surface area (Å²) in [5.41, 5.74) is 1.51. The van der Waals surface area contributed by atoms with Crippen molar-refractivity contribution in [1.82, 2.24) is 5.32 Å². The molecule has 0 unspecified atom stereocenters. The molecule has 0 saturated carbocycles. The van der Waals surface area contributed by atoms with Gasteiger partial charge in [-0.1, -0.05) is 6.07 Å². The van der Waals surface area contributed by atoms with Crippen molar-refractivity contribution in [3.63, 3.8) is 0 Å². The van der Waals surface area contributed by atoms with Crippen LogP contribution >= 0.6 is 0 Å². The monoisotopic (exact) mass is 308 g/mol. The third-order valence-corrected chi connectivity index (χ3v) is 2.82. The minimum atomic E-state index is -0.949. The maximum atomic E-state index is 11.4. The van der Waals surface area contributed by atoms with Gasteiger partial charge in [0.1, 0.15) is 5.60 Å². The second-order valence-corrected chi connectivity index (χ2v) is 6.04. The van der Waals surface area contributed by atoms with Gasteiger partial charge in [0.05, 0.1) is 5.56 Å². The van der Waals surface area contributed by atoms with Crippen molar-refractivity contribution in [2.45, 2.75) is 39.7 Å². The van der Waals surface area contributed by atoms with Crippen molar-refractivity contribution >= 4 is 17.7 Å². The average Bonchev–Trinajstić information content (AvgIpc) is 2.37. The second kappa shape index (κ2) is 7.68. The molecule has 1 amide bonds. The van der Waals surface area contributed by atoms with Crippen LogP contribution in [0.25, 0.3) is 0 Å². The highest BCUT2D eigenvalue weighted by molar-refractivity contribution is 5.89. The summed E-state index contributed by atoms with van der Waals surface area (Å²) < 4.78 is 5.13. The molecule has 6 heteroatoms. The Bertz CT molecular complexity index is 535. The molecule has 0 bridgehead atoms. The average molecular weight is 308 g/mol. The summed E-state index contributed by atoms with van der Waals surface area (Å²) >= 11 is 0. The van der Waals surface area contributed by atoms with Crippen LogP contribution in [0.3, 0.4) is 0 Å². The fourth-order valence-electron chi connectivity index (χ4n) is 1.76. The van der Waals surface area contributed by atoms with Gasteiger partial charge in [-0.15, -0.1) is 0 Å². The van der Waals surface area contributed by atoms with Crippen LogP contribution in [-0.2, 0) is 4.74 Å². The highest BCUT2D eigenvalue weighted by Gasteiger charge is 2.15. The summed E-state index contributed by atoms with van der Waals surface area (Å²) in [4.78, 5) is 22.4. The van der Waals surface area contributed by atoms with Gasteiger partial charge in [0, 0.05) is 18.8 Å². The number of rotatable bonds is 6. The molecule has 6 nitrogen and oxygen atoms in total. The quantitative estimate of drug-likeness (QED) is 0.703. The smallest absolute Gasteiger partial charge is 0.407 e. The molecule has 0 radical (unpaired) electrons. The molecule has 1 aromatic rings. The van der Waals surface area contributed by atoms with E-state index in [0.717, 1.165) is 11.3 Å². The van der Waals surface area contributed by atoms with Gasteiger partial charge in [-0.25, -0.2) is 9.59 Å². The largest absolute Gasteiger partial charge is 0.478 e. The van der Waals surface area contributed by atoms with Crippen LogP contribution < -0.4 is 10.6 Å². The van der Waals surface area contributed by atoms with Crippen LogP contribution in [0.15, 0.2) is 18.2 Å². The van der Waals surface area contributed by atoms with Crippen molar-refractivity contribution < 1.29 is 19.4 Å². The predicted molar refractivity (Wildman–Crippen MR) is 85.5 cm³/mol. The molecule has 0 aliphatic carbocycles. The minimum Gasteiger partial charge on any atom is -0.478 e. The van der Waals surface area contributed by atoms with Gasteiger partial charge in [0.15, 0.2) is 0 Å². The molecule has 0 saturated heterocycles. The van der Waals surface area contributed by atoms with Crippen LogP contribution in [0.5, 0.6) is 0 Å². The molecule has 22 heavy (non-hydrogen) atoms. The van der Waals surface area contributed by atoms with E-state index in [1.807, 2.05) is 27.7 Å². The number of ether oxygens (including phenoxy) is 1. The van der Waals surface area contributed by atoms with Crippen LogP contribution in [0.4, 0.5) is 10.5 Å². The Kier molecular flexibility index (Phi) is 6.22. The van der Waals surface area contributed by atoms with Crippen LogP contribution in [-0.4, -0.2) is 35.9 Å². The zero-order valence-corrected chi connectivity index (χ0v) is 13.5. The fourth-order valence-corrected chi connectivity index (χ4v) is 1.76. The Labute approximate surface area is 130 Å². The van der Waals surface area contributed by atoms with E-state index in [1.54, 1.807) is 18.2 Å². The summed E-state index contributed by atoms with van der Waals surface area (Å²) in [6.45, 7) is 8.46. The van der Waals surface area contributed by atoms with Crippen LogP contribution in [0, 0.1) is 6.92 Å². The molecule has 1 aromatic carbocycles. The summed E-state index contributed by atoms with van der Waals surface area (Å²) in [5.74, 6) is -0.949. The van der Waals surface area contributed by atoms with E-state index in [-0.39, 0.29) is 5.56 Å². The summed E-state index contributed by atoms with van der Waals surface area (Å²) in [6, 6.07) is 4.95. The van der Waals surface area contributed by atoms with Gasteiger partial charge in [-0.3, -0.25) is 0 Å². The molecule has 0 aliphatic rings. The first-order chi connectivity index (χ1) is 10.2. The molecule has 0 aliphatic heterocycles. The Morgan fingerprint density at radius 3 is 2.50 bits per heavy atom. The van der Waals surface area contributed by atoms with Gasteiger partial charge in [0.25, 0.3) is 0 Å². The minimum absolute atomic E-state index is 0.250. The summed E-state index contributed by atoms with van der Waals surface area (Å²) in [6.07, 6.45) is 0.271. The molecule has 1 rings (SSSR count). The zero-order valence-electron chi connectivity index (χ0n) is 13.5. The standard InChI is InChI=1S/C16H24N2O4/c1-11-6-7-12(14(19)20)10-13(11)17-8-5-9-18-15(21)22-16(2,3)4/h6-7,10,17H,5,8-9H2,1-4H3,(H,18,21)(H,19,20). The predicted octanol–water partition coefficient (Wildman–Crippen LogP) is 3.02. The number of nitrogens with one attached hydrogen (secondary N) is 2. The second-order valence-electron chi connectivity index (χ2n) is 6.04. The van der Waals surface area contributed by atoms with Gasteiger partial charge in [-0.05, 0) is 51.8 Å². The number of aryl methyl sites for hydroxylation is 1. The molecule has 0 fully saturated rings. The lowest BCUT2D eigenvalue weighted by atomic mass is 10.1. The first kappa shape index (κ1) is 17.8. The third kappa shape index (κ3) is 6.47. The SMILES string of the molecule is Cc1ccc(C(=O)O)cc1NCCCNC(=O)OC(C)(C)C. The number of anilines is 1. The number of benzene rings is 1. The highest BCUT2D eigenvalue weighted by Crippen LogP contribution is 2.16. The third-order valence-electron chi connectivity index (χ3n) is 2.82. The molecule has 0 heterocycles. The van der Waals surface area contributed by atoms with Crippen LogP contribution in [0.1, 0.15) is 43.1 Å². The molecule has 0 aromatic heterocycles. The Balaban J connectivity index is 2.35. The maximum Gasteiger partial charge on any atom is 0.407 e. The number of carbonyl (C=O) groups excluding carboxylic acids is 1. The molecular formula is C16H24N2O4. The lowest BCUT2D eigenvalue weighted by Gasteiger charge is -2.19. The molecule has 0 spiro atoms. The topological polar surface area (TPSA) is 87.7 Å². The van der Waals surface area contributed by atoms with Crippen molar-refractivity contribution in [3.8, 4) is 0 Å². The molecule has 122 valence electrons. The zero-order chi connectivity index (χ0) is 16.8. The number of carbonyl (C=O) groups is 2. The Morgan fingerprint density at radius 2 is 1.91 bits per heavy atom. The summed E-state index contributed by atoms with van der Waals surface area (Å²) in [5, 5.41) is 14.8. The Hall–Kier alpha value is -2.24. The van der Waals surface area contributed by atoms with Gasteiger partial charge in [0.2, 0.25) is 0 Å². The normalized spacial score (nSPS) is 10.9. The van der Waals surface area contributed by atoms with E-state index < -0.39 is 17.7 Å². The van der Waals surface area contributed by atoms with Crippen molar-refractivity contribution in [1.29, 1.82) is 0 Å². The Morgan fingerprint density at radius 1 is 1.23 bits per heavy atom. The van der Waals surface area contributed by atoms with Gasteiger partial charge < -0.3 is 20.5 Å². The first-order valence-corrected chi connectivity index (χ1v) is 7.24. The number of hydrogen-bond donors (Lipinski definition) is 3. The van der Waals surface area contributed by atoms with Crippen LogP contribution in [0.2, 0.25) is 0 Å². The molecular weight excluding hydrogens is 284 g/mol. The number of hydrogen-bond acceptors (Lipinski definition) is 4. The van der Waals surface area contributed by atoms with E-state index in [4.69, 9.17) is 9.84 Å². The van der Waals surface area contributed by atoms with E-state index >= 15 is 0 Å². The lowest BCUT2D eigenvalue weighted by Crippen LogP contribution is -2.33. The number of amides is 1. The van der Waals surface area contributed by atoms with Crippen molar-refractivity contribution in [3.05, 3.63) is 29.3 Å². The summed E-state index contributed by atoms with van der Waals surface area (Å²) in [7, 11) is 0. The van der Waals surface area contributed by atoms with Gasteiger partial charge in [-0.2, -0.15) is 0 Å². The number of carboxylic acids is 1. The first-order valence-electron chi connectivity index (χ1n) is 7.24. The van der Waals surface area contributed by atoms with E-state index in [9.17, 15) is 9.59 Å². The van der Waals surface area contributed by atoms with Crippen molar-refractivity contribution in [2.75, 3.05) is 18.4 Å². The van der Waals surface area contributed by atoms with E-state index in [0.29, 0.717) is 19.5 Å². The van der Waals surface area contributed by atoms with E-state index in [2.05, 4.69) is 10.6 Å². The molecule has 0 atom stereocenters. The number of aromatic carboxylic acids is 1. The molecule has 3 N–H and O–H groups in total. The number of carboxylic acid groups (broad SMARTS) is 1. The number of alkyl carbamates (subject to hydrolysis) is 1. The van der Waals surface area contributed by atoms with Crippen molar-refractivity contribution in [2.24, 2.45) is 0 Å². The fraction of sp³-hybridized carbons (Fsp3) is 0.500. The van der Waals surface area contributed by atoms with E-state index in [1.165, 1.54) is 0 Å². The highest BCUT2D eigenvalue weighted by atomic mass is 16.6. The maximum absolute atomic E-state index is 11.4.